The fraction of sp³-hybridized carbons (Fsp3) is 0.310. The van der Waals surface area contributed by atoms with Crippen LogP contribution in [0.2, 0.25) is 5.02 Å². The highest BCUT2D eigenvalue weighted by Crippen LogP contribution is 2.26. The fourth-order valence-electron chi connectivity index (χ4n) is 3.89. The third kappa shape index (κ3) is 7.97. The van der Waals surface area contributed by atoms with Crippen LogP contribution in [0.3, 0.4) is 0 Å². The summed E-state index contributed by atoms with van der Waals surface area (Å²) in [5.74, 6) is -0.273. The SMILES string of the molecule is CCCNC(=O)[C@H](C)N(Cc1ccc(Cl)cc1)C(=O)CN(c1ccc(OCC)cc1)S(=O)(=O)c1ccccc1. The number of carbonyl (C=O) groups is 2. The van der Waals surface area contributed by atoms with Gasteiger partial charge in [0.15, 0.2) is 0 Å². The zero-order chi connectivity index (χ0) is 28.4. The number of carbonyl (C=O) groups excluding carboxylic acids is 2. The quantitative estimate of drug-likeness (QED) is 0.315. The van der Waals surface area contributed by atoms with Crippen molar-refractivity contribution in [3.05, 3.63) is 89.4 Å². The minimum absolute atomic E-state index is 0.0460. The number of nitrogens with one attached hydrogen (secondary N) is 1. The van der Waals surface area contributed by atoms with E-state index < -0.39 is 28.5 Å². The number of amides is 2. The monoisotopic (exact) mass is 571 g/mol. The summed E-state index contributed by atoms with van der Waals surface area (Å²) in [6, 6.07) is 20.5. The maximum atomic E-state index is 13.9. The molecule has 0 unspecified atom stereocenters. The minimum atomic E-state index is -4.12. The van der Waals surface area contributed by atoms with Crippen LogP contribution in [-0.4, -0.2) is 50.9 Å². The van der Waals surface area contributed by atoms with Crippen molar-refractivity contribution >= 4 is 39.1 Å². The van der Waals surface area contributed by atoms with Gasteiger partial charge in [-0.05, 0) is 74.4 Å². The molecule has 3 aromatic carbocycles. The van der Waals surface area contributed by atoms with Crippen molar-refractivity contribution in [1.29, 1.82) is 0 Å². The first kappa shape index (κ1) is 30.0. The Kier molecular flexibility index (Phi) is 10.8. The summed E-state index contributed by atoms with van der Waals surface area (Å²) in [6.07, 6.45) is 0.741. The Bertz CT molecular complexity index is 1330. The fourth-order valence-corrected chi connectivity index (χ4v) is 5.45. The lowest BCUT2D eigenvalue weighted by Crippen LogP contribution is -2.51. The second kappa shape index (κ2) is 14.0. The van der Waals surface area contributed by atoms with Crippen LogP contribution in [0, 0.1) is 0 Å². The first-order chi connectivity index (χ1) is 18.7. The van der Waals surface area contributed by atoms with Crippen LogP contribution >= 0.6 is 11.6 Å². The van der Waals surface area contributed by atoms with Gasteiger partial charge in [0.05, 0.1) is 17.2 Å². The number of benzene rings is 3. The molecule has 0 radical (unpaired) electrons. The molecule has 3 aromatic rings. The van der Waals surface area contributed by atoms with E-state index in [9.17, 15) is 18.0 Å². The Balaban J connectivity index is 2.00. The number of rotatable bonds is 13. The minimum Gasteiger partial charge on any atom is -0.494 e. The third-order valence-electron chi connectivity index (χ3n) is 6.03. The van der Waals surface area contributed by atoms with Gasteiger partial charge in [0.25, 0.3) is 10.0 Å². The lowest BCUT2D eigenvalue weighted by atomic mass is 10.1. The molecule has 0 aliphatic heterocycles. The van der Waals surface area contributed by atoms with Crippen LogP contribution in [0.4, 0.5) is 5.69 Å². The molecule has 0 saturated heterocycles. The molecule has 8 nitrogen and oxygen atoms in total. The maximum absolute atomic E-state index is 13.9. The van der Waals surface area contributed by atoms with Crippen LogP contribution in [0.1, 0.15) is 32.8 Å². The summed E-state index contributed by atoms with van der Waals surface area (Å²) in [7, 11) is -4.12. The molecule has 1 atom stereocenters. The van der Waals surface area contributed by atoms with Crippen molar-refractivity contribution in [2.45, 2.75) is 44.7 Å². The molecule has 0 heterocycles. The van der Waals surface area contributed by atoms with Crippen LogP contribution in [0.5, 0.6) is 5.75 Å². The van der Waals surface area contributed by atoms with Gasteiger partial charge >= 0.3 is 0 Å². The standard InChI is InChI=1S/C29H34ClN3O5S/c1-4-19-31-29(35)22(3)32(20-23-11-13-24(30)14-12-23)28(34)21-33(25-15-17-26(18-16-25)38-5-2)39(36,37)27-9-7-6-8-10-27/h6-18,22H,4-5,19-21H2,1-3H3,(H,31,35)/t22-/m0/s1. The normalized spacial score (nSPS) is 11.9. The van der Waals surface area contributed by atoms with E-state index >= 15 is 0 Å². The van der Waals surface area contributed by atoms with Crippen LogP contribution in [-0.2, 0) is 26.2 Å². The van der Waals surface area contributed by atoms with Gasteiger partial charge in [-0.2, -0.15) is 0 Å². The molecule has 0 aliphatic carbocycles. The van der Waals surface area contributed by atoms with Gasteiger partial charge in [-0.15, -0.1) is 0 Å². The largest absolute Gasteiger partial charge is 0.494 e. The summed E-state index contributed by atoms with van der Waals surface area (Å²) < 4.78 is 34.1. The Hall–Kier alpha value is -3.56. The second-order valence-electron chi connectivity index (χ2n) is 8.87. The van der Waals surface area contributed by atoms with Gasteiger partial charge in [-0.25, -0.2) is 8.42 Å². The van der Waals surface area contributed by atoms with Gasteiger partial charge in [-0.3, -0.25) is 13.9 Å². The highest BCUT2D eigenvalue weighted by molar-refractivity contribution is 7.92. The molecule has 0 aromatic heterocycles. The number of hydrogen-bond donors (Lipinski definition) is 1. The second-order valence-corrected chi connectivity index (χ2v) is 11.2. The van der Waals surface area contributed by atoms with Crippen LogP contribution < -0.4 is 14.4 Å². The van der Waals surface area contributed by atoms with E-state index in [-0.39, 0.29) is 17.3 Å². The van der Waals surface area contributed by atoms with Crippen molar-refractivity contribution < 1.29 is 22.7 Å². The van der Waals surface area contributed by atoms with Gasteiger partial charge in [-0.1, -0.05) is 48.9 Å². The molecule has 0 saturated carbocycles. The number of anilines is 1. The van der Waals surface area contributed by atoms with Crippen LogP contribution in [0.15, 0.2) is 83.8 Å². The highest BCUT2D eigenvalue weighted by atomic mass is 35.5. The van der Waals surface area contributed by atoms with E-state index in [2.05, 4.69) is 5.32 Å². The zero-order valence-electron chi connectivity index (χ0n) is 22.3. The lowest BCUT2D eigenvalue weighted by molar-refractivity contribution is -0.139. The highest BCUT2D eigenvalue weighted by Gasteiger charge is 2.32. The molecule has 39 heavy (non-hydrogen) atoms. The molecule has 0 aliphatic rings. The molecule has 0 bridgehead atoms. The molecular formula is C29H34ClN3O5S. The van der Waals surface area contributed by atoms with E-state index in [1.165, 1.54) is 17.0 Å². The molecule has 10 heteroatoms. The lowest BCUT2D eigenvalue weighted by Gasteiger charge is -2.32. The molecular weight excluding hydrogens is 538 g/mol. The first-order valence-corrected chi connectivity index (χ1v) is 14.6. The maximum Gasteiger partial charge on any atom is 0.264 e. The predicted octanol–water partition coefficient (Wildman–Crippen LogP) is 4.88. The van der Waals surface area contributed by atoms with Crippen molar-refractivity contribution in [1.82, 2.24) is 10.2 Å². The summed E-state index contributed by atoms with van der Waals surface area (Å²) >= 11 is 6.03. The Morgan fingerprint density at radius 3 is 2.18 bits per heavy atom. The number of sulfonamides is 1. The smallest absolute Gasteiger partial charge is 0.264 e. The summed E-state index contributed by atoms with van der Waals surface area (Å²) in [4.78, 5) is 28.2. The third-order valence-corrected chi connectivity index (χ3v) is 8.07. The topological polar surface area (TPSA) is 96.0 Å². The predicted molar refractivity (Wildman–Crippen MR) is 153 cm³/mol. The van der Waals surface area contributed by atoms with E-state index in [1.54, 1.807) is 73.7 Å². The van der Waals surface area contributed by atoms with Crippen molar-refractivity contribution in [3.63, 3.8) is 0 Å². The Morgan fingerprint density at radius 1 is 0.949 bits per heavy atom. The Morgan fingerprint density at radius 2 is 1.59 bits per heavy atom. The molecule has 1 N–H and O–H groups in total. The molecule has 0 fully saturated rings. The molecule has 0 spiro atoms. The molecule has 2 amide bonds. The van der Waals surface area contributed by atoms with Crippen molar-refractivity contribution in [2.24, 2.45) is 0 Å². The average molecular weight is 572 g/mol. The molecule has 3 rings (SSSR count). The number of hydrogen-bond acceptors (Lipinski definition) is 5. The van der Waals surface area contributed by atoms with E-state index in [0.29, 0.717) is 29.6 Å². The van der Waals surface area contributed by atoms with E-state index in [4.69, 9.17) is 16.3 Å². The summed E-state index contributed by atoms with van der Waals surface area (Å²) in [5.41, 5.74) is 1.05. The van der Waals surface area contributed by atoms with Gasteiger partial charge in [0.2, 0.25) is 11.8 Å². The van der Waals surface area contributed by atoms with Crippen molar-refractivity contribution in [3.8, 4) is 5.75 Å². The average Bonchev–Trinajstić information content (AvgIpc) is 2.95. The van der Waals surface area contributed by atoms with Gasteiger partial charge < -0.3 is 15.0 Å². The van der Waals surface area contributed by atoms with Gasteiger partial charge in [0, 0.05) is 18.1 Å². The van der Waals surface area contributed by atoms with E-state index in [0.717, 1.165) is 16.3 Å². The number of ether oxygens (including phenoxy) is 1. The summed E-state index contributed by atoms with van der Waals surface area (Å²) in [5, 5.41) is 3.36. The van der Waals surface area contributed by atoms with Gasteiger partial charge in [0.1, 0.15) is 18.3 Å². The zero-order valence-corrected chi connectivity index (χ0v) is 23.9. The van der Waals surface area contributed by atoms with E-state index in [1.807, 2.05) is 13.8 Å². The van der Waals surface area contributed by atoms with Crippen LogP contribution in [0.25, 0.3) is 0 Å². The first-order valence-electron chi connectivity index (χ1n) is 12.8. The molecule has 208 valence electrons. The Labute approximate surface area is 235 Å². The van der Waals surface area contributed by atoms with Crippen molar-refractivity contribution in [2.75, 3.05) is 24.0 Å². The number of nitrogens with zero attached hydrogens (tertiary/aromatic N) is 2. The number of halogens is 1. The summed E-state index contributed by atoms with van der Waals surface area (Å²) in [6.45, 7) is 5.93.